The third kappa shape index (κ3) is 5.78. The van der Waals surface area contributed by atoms with E-state index in [4.69, 9.17) is 0 Å². The number of alkyl halides is 3. The molecule has 0 radical (unpaired) electrons. The highest BCUT2D eigenvalue weighted by Crippen LogP contribution is 2.26. The maximum Gasteiger partial charge on any atom is 0.390 e. The summed E-state index contributed by atoms with van der Waals surface area (Å²) < 4.78 is 62.3. The van der Waals surface area contributed by atoms with Gasteiger partial charge in [0.2, 0.25) is 10.0 Å². The van der Waals surface area contributed by atoms with Crippen LogP contribution in [0, 0.1) is 0 Å². The van der Waals surface area contributed by atoms with Gasteiger partial charge < -0.3 is 5.32 Å². The molecule has 0 amide bonds. The Balaban J connectivity index is 2.14. The minimum Gasteiger partial charge on any atom is -0.353 e. The zero-order chi connectivity index (χ0) is 16.9. The first kappa shape index (κ1) is 17.1. The molecule has 23 heavy (non-hydrogen) atoms. The minimum absolute atomic E-state index is 0.131. The second-order valence-corrected chi connectivity index (χ2v) is 6.54. The Hall–Kier alpha value is -2.29. The van der Waals surface area contributed by atoms with Gasteiger partial charge in [-0.3, -0.25) is 9.71 Å². The van der Waals surface area contributed by atoms with Gasteiger partial charge in [-0.25, -0.2) is 8.42 Å². The molecule has 0 unspecified atom stereocenters. The predicted octanol–water partition coefficient (Wildman–Crippen LogP) is 3.52. The van der Waals surface area contributed by atoms with Crippen LogP contribution in [0.1, 0.15) is 6.42 Å². The summed E-state index contributed by atoms with van der Waals surface area (Å²) in [5.41, 5.74) is 1.16. The average molecular weight is 345 g/mol. The monoisotopic (exact) mass is 345 g/mol. The van der Waals surface area contributed by atoms with Crippen molar-refractivity contribution in [2.24, 2.45) is 0 Å². The van der Waals surface area contributed by atoms with Crippen LogP contribution in [0.5, 0.6) is 0 Å². The molecule has 1 aromatic heterocycles. The summed E-state index contributed by atoms with van der Waals surface area (Å²) in [6.07, 6.45) is -3.21. The first-order valence-electron chi connectivity index (χ1n) is 6.58. The Labute approximate surface area is 131 Å². The standard InChI is InChI=1S/C14H14F3N3O2S/c15-14(16,17)7-9-23(21,22)20-12-6-8-18-10-13(12)19-11-4-2-1-3-5-11/h1-6,8,10,19H,7,9H2,(H,18,20). The molecule has 0 atom stereocenters. The van der Waals surface area contributed by atoms with Crippen LogP contribution in [0.2, 0.25) is 0 Å². The molecule has 1 heterocycles. The summed E-state index contributed by atoms with van der Waals surface area (Å²) in [5, 5.41) is 2.96. The highest BCUT2D eigenvalue weighted by atomic mass is 32.2. The van der Waals surface area contributed by atoms with Crippen molar-refractivity contribution in [3.63, 3.8) is 0 Å². The SMILES string of the molecule is O=S(=O)(CCC(F)(F)F)Nc1ccncc1Nc1ccccc1. The zero-order valence-corrected chi connectivity index (χ0v) is 12.7. The lowest BCUT2D eigenvalue weighted by Gasteiger charge is -2.14. The van der Waals surface area contributed by atoms with Crippen LogP contribution in [0.3, 0.4) is 0 Å². The molecule has 0 fully saturated rings. The number of para-hydroxylation sites is 1. The summed E-state index contributed by atoms with van der Waals surface area (Å²) in [7, 11) is -4.12. The summed E-state index contributed by atoms with van der Waals surface area (Å²) in [5.74, 6) is -1.04. The van der Waals surface area contributed by atoms with Crippen molar-refractivity contribution < 1.29 is 21.6 Å². The van der Waals surface area contributed by atoms with E-state index in [9.17, 15) is 21.6 Å². The van der Waals surface area contributed by atoms with Crippen molar-refractivity contribution in [2.75, 3.05) is 15.8 Å². The fraction of sp³-hybridized carbons (Fsp3) is 0.214. The van der Waals surface area contributed by atoms with E-state index in [0.717, 1.165) is 0 Å². The highest BCUT2D eigenvalue weighted by molar-refractivity contribution is 7.92. The van der Waals surface area contributed by atoms with Gasteiger partial charge in [0.05, 0.1) is 29.7 Å². The van der Waals surface area contributed by atoms with Crippen molar-refractivity contribution in [3.8, 4) is 0 Å². The van der Waals surface area contributed by atoms with Crippen LogP contribution in [-0.4, -0.2) is 25.3 Å². The Morgan fingerprint density at radius 3 is 2.39 bits per heavy atom. The third-order valence-electron chi connectivity index (χ3n) is 2.79. The van der Waals surface area contributed by atoms with Crippen molar-refractivity contribution in [2.45, 2.75) is 12.6 Å². The van der Waals surface area contributed by atoms with Crippen LogP contribution in [-0.2, 0) is 10.0 Å². The number of hydrogen-bond acceptors (Lipinski definition) is 4. The molecule has 0 aliphatic heterocycles. The number of nitrogens with one attached hydrogen (secondary N) is 2. The molecule has 0 saturated heterocycles. The molecule has 0 aliphatic rings. The maximum atomic E-state index is 12.2. The van der Waals surface area contributed by atoms with Gasteiger partial charge in [0.15, 0.2) is 0 Å². The summed E-state index contributed by atoms with van der Waals surface area (Å²) in [6, 6.07) is 10.3. The summed E-state index contributed by atoms with van der Waals surface area (Å²) in [6.45, 7) is 0. The number of hydrogen-bond donors (Lipinski definition) is 2. The number of aromatic nitrogens is 1. The van der Waals surface area contributed by atoms with E-state index in [0.29, 0.717) is 11.4 Å². The molecule has 9 heteroatoms. The number of benzene rings is 1. The lowest BCUT2D eigenvalue weighted by atomic mass is 10.3. The smallest absolute Gasteiger partial charge is 0.353 e. The molecule has 2 aromatic rings. The first-order chi connectivity index (χ1) is 10.8. The van der Waals surface area contributed by atoms with Gasteiger partial charge in [0, 0.05) is 11.9 Å². The van der Waals surface area contributed by atoms with E-state index in [2.05, 4.69) is 15.0 Å². The quantitative estimate of drug-likeness (QED) is 0.840. The fourth-order valence-electron chi connectivity index (χ4n) is 1.73. The van der Waals surface area contributed by atoms with Crippen LogP contribution < -0.4 is 10.0 Å². The molecule has 0 spiro atoms. The summed E-state index contributed by atoms with van der Waals surface area (Å²) in [4.78, 5) is 3.88. The van der Waals surface area contributed by atoms with E-state index in [1.807, 2.05) is 6.07 Å². The molecule has 0 saturated carbocycles. The third-order valence-corrected chi connectivity index (χ3v) is 4.07. The second kappa shape index (κ2) is 6.86. The van der Waals surface area contributed by atoms with Crippen molar-refractivity contribution in [1.29, 1.82) is 0 Å². The number of anilines is 3. The molecule has 124 valence electrons. The van der Waals surface area contributed by atoms with Crippen LogP contribution in [0.15, 0.2) is 48.8 Å². The normalized spacial score (nSPS) is 12.0. The number of pyridine rings is 1. The fourth-order valence-corrected chi connectivity index (χ4v) is 2.84. The van der Waals surface area contributed by atoms with Crippen molar-refractivity contribution in [1.82, 2.24) is 4.98 Å². The van der Waals surface area contributed by atoms with Crippen LogP contribution in [0.4, 0.5) is 30.2 Å². The van der Waals surface area contributed by atoms with Crippen LogP contribution >= 0.6 is 0 Å². The van der Waals surface area contributed by atoms with Gasteiger partial charge in [0.25, 0.3) is 0 Å². The minimum atomic E-state index is -4.53. The average Bonchev–Trinajstić information content (AvgIpc) is 2.48. The van der Waals surface area contributed by atoms with Gasteiger partial charge >= 0.3 is 6.18 Å². The lowest BCUT2D eigenvalue weighted by molar-refractivity contribution is -0.129. The second-order valence-electron chi connectivity index (χ2n) is 4.70. The molecular formula is C14H14F3N3O2S. The highest BCUT2D eigenvalue weighted by Gasteiger charge is 2.30. The van der Waals surface area contributed by atoms with Gasteiger partial charge in [-0.1, -0.05) is 18.2 Å². The first-order valence-corrected chi connectivity index (χ1v) is 8.24. The molecular weight excluding hydrogens is 331 g/mol. The molecule has 2 rings (SSSR count). The lowest BCUT2D eigenvalue weighted by Crippen LogP contribution is -2.22. The summed E-state index contributed by atoms with van der Waals surface area (Å²) >= 11 is 0. The van der Waals surface area contributed by atoms with Gasteiger partial charge in [-0.05, 0) is 18.2 Å². The van der Waals surface area contributed by atoms with E-state index in [1.165, 1.54) is 18.5 Å². The number of rotatable bonds is 6. The van der Waals surface area contributed by atoms with E-state index in [1.54, 1.807) is 24.3 Å². The Bertz CT molecular complexity index is 749. The number of sulfonamides is 1. The number of halogens is 3. The van der Waals surface area contributed by atoms with E-state index >= 15 is 0 Å². The van der Waals surface area contributed by atoms with Gasteiger partial charge in [0.1, 0.15) is 0 Å². The van der Waals surface area contributed by atoms with Crippen molar-refractivity contribution in [3.05, 3.63) is 48.8 Å². The molecule has 2 N–H and O–H groups in total. The Kier molecular flexibility index (Phi) is 5.09. The van der Waals surface area contributed by atoms with Crippen LogP contribution in [0.25, 0.3) is 0 Å². The molecule has 5 nitrogen and oxygen atoms in total. The zero-order valence-electron chi connectivity index (χ0n) is 11.8. The predicted molar refractivity (Wildman–Crippen MR) is 82.0 cm³/mol. The Morgan fingerprint density at radius 1 is 1.04 bits per heavy atom. The largest absolute Gasteiger partial charge is 0.390 e. The van der Waals surface area contributed by atoms with Crippen molar-refractivity contribution >= 4 is 27.1 Å². The molecule has 0 aliphatic carbocycles. The molecule has 0 bridgehead atoms. The van der Waals surface area contributed by atoms with Gasteiger partial charge in [-0.2, -0.15) is 13.2 Å². The van der Waals surface area contributed by atoms with Gasteiger partial charge in [-0.15, -0.1) is 0 Å². The number of nitrogens with zero attached hydrogens (tertiary/aromatic N) is 1. The van der Waals surface area contributed by atoms with E-state index < -0.39 is 28.4 Å². The maximum absolute atomic E-state index is 12.2. The Morgan fingerprint density at radius 2 is 1.74 bits per heavy atom. The molecule has 1 aromatic carbocycles. The van der Waals surface area contributed by atoms with E-state index in [-0.39, 0.29) is 5.69 Å². The topological polar surface area (TPSA) is 71.1 Å².